The molecule has 4 heteroatoms. The molecule has 0 spiro atoms. The lowest BCUT2D eigenvalue weighted by atomic mass is 9.87. The van der Waals surface area contributed by atoms with Crippen molar-refractivity contribution < 1.29 is 9.90 Å². The van der Waals surface area contributed by atoms with Crippen molar-refractivity contribution in [3.05, 3.63) is 0 Å². The Balaban J connectivity index is 2.59. The number of carbonyl (C=O) groups is 1. The van der Waals surface area contributed by atoms with Gasteiger partial charge in [-0.1, -0.05) is 20.8 Å². The first-order valence-corrected chi connectivity index (χ1v) is 6.60. The summed E-state index contributed by atoms with van der Waals surface area (Å²) in [6.45, 7) is 11.6. The van der Waals surface area contributed by atoms with Crippen LogP contribution in [-0.4, -0.2) is 47.7 Å². The average molecular weight is 242 g/mol. The zero-order valence-electron chi connectivity index (χ0n) is 11.5. The van der Waals surface area contributed by atoms with Gasteiger partial charge >= 0.3 is 5.97 Å². The lowest BCUT2D eigenvalue weighted by Gasteiger charge is -2.39. The van der Waals surface area contributed by atoms with Crippen molar-refractivity contribution >= 4 is 5.97 Å². The highest BCUT2D eigenvalue weighted by Crippen LogP contribution is 2.23. The summed E-state index contributed by atoms with van der Waals surface area (Å²) >= 11 is 0. The van der Waals surface area contributed by atoms with E-state index in [2.05, 4.69) is 24.1 Å². The van der Waals surface area contributed by atoms with E-state index in [-0.39, 0.29) is 0 Å². The van der Waals surface area contributed by atoms with Gasteiger partial charge in [-0.15, -0.1) is 0 Å². The summed E-state index contributed by atoms with van der Waals surface area (Å²) in [6.07, 6.45) is 1.17. The van der Waals surface area contributed by atoms with Gasteiger partial charge in [0.25, 0.3) is 0 Å². The molecule has 0 bridgehead atoms. The molecule has 0 aromatic heterocycles. The summed E-state index contributed by atoms with van der Waals surface area (Å²) in [4.78, 5) is 13.6. The van der Waals surface area contributed by atoms with Crippen LogP contribution in [0, 0.1) is 11.8 Å². The predicted molar refractivity (Wildman–Crippen MR) is 69.1 cm³/mol. The van der Waals surface area contributed by atoms with Crippen LogP contribution in [0.3, 0.4) is 0 Å². The molecule has 1 heterocycles. The molecule has 1 aliphatic heterocycles. The summed E-state index contributed by atoms with van der Waals surface area (Å²) in [5, 5.41) is 12.4. The minimum absolute atomic E-state index is 0.591. The van der Waals surface area contributed by atoms with Crippen LogP contribution in [0.1, 0.15) is 34.1 Å². The SMILES string of the molecule is CCNC(C)(CN1CCC(C)C(C)C1)C(=O)O. The molecule has 0 saturated carbocycles. The maximum atomic E-state index is 11.3. The fourth-order valence-electron chi connectivity index (χ4n) is 2.53. The Kier molecular flexibility index (Phi) is 4.95. The van der Waals surface area contributed by atoms with E-state index in [0.717, 1.165) is 19.0 Å². The van der Waals surface area contributed by atoms with Crippen molar-refractivity contribution in [1.82, 2.24) is 10.2 Å². The molecule has 3 unspecified atom stereocenters. The minimum atomic E-state index is -0.824. The van der Waals surface area contributed by atoms with E-state index < -0.39 is 11.5 Å². The van der Waals surface area contributed by atoms with Crippen LogP contribution in [-0.2, 0) is 4.79 Å². The highest BCUT2D eigenvalue weighted by molar-refractivity contribution is 5.78. The third-order valence-electron chi connectivity index (χ3n) is 4.00. The van der Waals surface area contributed by atoms with Gasteiger partial charge in [-0.2, -0.15) is 0 Å². The molecule has 3 atom stereocenters. The fraction of sp³-hybridized carbons (Fsp3) is 0.923. The van der Waals surface area contributed by atoms with Crippen molar-refractivity contribution in [2.75, 3.05) is 26.2 Å². The van der Waals surface area contributed by atoms with Gasteiger partial charge in [0.2, 0.25) is 0 Å². The summed E-state index contributed by atoms with van der Waals surface area (Å²) < 4.78 is 0. The zero-order chi connectivity index (χ0) is 13.1. The number of hydrogen-bond donors (Lipinski definition) is 2. The Labute approximate surface area is 104 Å². The highest BCUT2D eigenvalue weighted by Gasteiger charge is 2.35. The van der Waals surface area contributed by atoms with Crippen molar-refractivity contribution in [2.45, 2.75) is 39.7 Å². The van der Waals surface area contributed by atoms with E-state index in [1.807, 2.05) is 6.92 Å². The molecule has 0 aliphatic carbocycles. The van der Waals surface area contributed by atoms with Crippen LogP contribution in [0.15, 0.2) is 0 Å². The Morgan fingerprint density at radius 3 is 2.59 bits per heavy atom. The summed E-state index contributed by atoms with van der Waals surface area (Å²) in [6, 6.07) is 0. The standard InChI is InChI=1S/C13H26N2O2/c1-5-14-13(4,12(16)17)9-15-7-6-10(2)11(3)8-15/h10-11,14H,5-9H2,1-4H3,(H,16,17). The Bertz CT molecular complexity index is 270. The second-order valence-corrected chi connectivity index (χ2v) is 5.65. The molecule has 1 saturated heterocycles. The first-order chi connectivity index (χ1) is 7.89. The van der Waals surface area contributed by atoms with E-state index in [0.29, 0.717) is 19.0 Å². The first kappa shape index (κ1) is 14.5. The van der Waals surface area contributed by atoms with Gasteiger partial charge in [0, 0.05) is 13.1 Å². The van der Waals surface area contributed by atoms with Gasteiger partial charge in [-0.3, -0.25) is 4.79 Å². The number of hydrogen-bond acceptors (Lipinski definition) is 3. The number of piperidine rings is 1. The molecule has 0 aromatic rings. The first-order valence-electron chi connectivity index (χ1n) is 6.60. The van der Waals surface area contributed by atoms with Gasteiger partial charge in [0.15, 0.2) is 0 Å². The molecular formula is C13H26N2O2. The van der Waals surface area contributed by atoms with Crippen LogP contribution in [0.2, 0.25) is 0 Å². The average Bonchev–Trinajstić information content (AvgIpc) is 2.23. The number of carboxylic acids is 1. The molecule has 0 amide bonds. The van der Waals surface area contributed by atoms with Crippen LogP contribution >= 0.6 is 0 Å². The second-order valence-electron chi connectivity index (χ2n) is 5.65. The maximum Gasteiger partial charge on any atom is 0.324 e. The Morgan fingerprint density at radius 2 is 2.12 bits per heavy atom. The number of carboxylic acid groups (broad SMARTS) is 1. The van der Waals surface area contributed by atoms with Gasteiger partial charge < -0.3 is 15.3 Å². The van der Waals surface area contributed by atoms with Crippen molar-refractivity contribution in [3.63, 3.8) is 0 Å². The van der Waals surface area contributed by atoms with Gasteiger partial charge in [0.1, 0.15) is 5.54 Å². The number of rotatable bonds is 5. The lowest BCUT2D eigenvalue weighted by molar-refractivity contribution is -0.145. The van der Waals surface area contributed by atoms with E-state index in [1.165, 1.54) is 6.42 Å². The number of likely N-dealkylation sites (N-methyl/N-ethyl adjacent to an activating group) is 1. The number of nitrogens with one attached hydrogen (secondary N) is 1. The second kappa shape index (κ2) is 5.83. The van der Waals surface area contributed by atoms with E-state index in [4.69, 9.17) is 0 Å². The normalized spacial score (nSPS) is 29.9. The molecule has 0 aromatic carbocycles. The fourth-order valence-corrected chi connectivity index (χ4v) is 2.53. The van der Waals surface area contributed by atoms with E-state index >= 15 is 0 Å². The summed E-state index contributed by atoms with van der Waals surface area (Å²) in [5.41, 5.74) is -0.824. The smallest absolute Gasteiger partial charge is 0.324 e. The number of likely N-dealkylation sites (tertiary alicyclic amines) is 1. The molecule has 100 valence electrons. The monoisotopic (exact) mass is 242 g/mol. The molecule has 1 rings (SSSR count). The van der Waals surface area contributed by atoms with Gasteiger partial charge in [-0.05, 0) is 38.3 Å². The molecular weight excluding hydrogens is 216 g/mol. The largest absolute Gasteiger partial charge is 0.480 e. The topological polar surface area (TPSA) is 52.6 Å². The van der Waals surface area contributed by atoms with Crippen molar-refractivity contribution in [3.8, 4) is 0 Å². The lowest BCUT2D eigenvalue weighted by Crippen LogP contribution is -2.58. The zero-order valence-corrected chi connectivity index (χ0v) is 11.5. The Morgan fingerprint density at radius 1 is 1.47 bits per heavy atom. The van der Waals surface area contributed by atoms with Crippen molar-refractivity contribution in [1.29, 1.82) is 0 Å². The molecule has 1 aliphatic rings. The quantitative estimate of drug-likeness (QED) is 0.765. The molecule has 2 N–H and O–H groups in total. The highest BCUT2D eigenvalue weighted by atomic mass is 16.4. The van der Waals surface area contributed by atoms with Crippen LogP contribution in [0.4, 0.5) is 0 Å². The molecule has 4 nitrogen and oxygen atoms in total. The Hall–Kier alpha value is -0.610. The third kappa shape index (κ3) is 3.68. The summed E-state index contributed by atoms with van der Waals surface area (Å²) in [7, 11) is 0. The van der Waals surface area contributed by atoms with E-state index in [1.54, 1.807) is 6.92 Å². The number of aliphatic carboxylic acids is 1. The third-order valence-corrected chi connectivity index (χ3v) is 4.00. The molecule has 17 heavy (non-hydrogen) atoms. The van der Waals surface area contributed by atoms with Crippen molar-refractivity contribution in [2.24, 2.45) is 11.8 Å². The summed E-state index contributed by atoms with van der Waals surface area (Å²) in [5.74, 6) is 0.649. The predicted octanol–water partition coefficient (Wildman–Crippen LogP) is 1.42. The van der Waals surface area contributed by atoms with Crippen LogP contribution < -0.4 is 5.32 Å². The molecule has 0 radical (unpaired) electrons. The van der Waals surface area contributed by atoms with Crippen LogP contribution in [0.25, 0.3) is 0 Å². The van der Waals surface area contributed by atoms with Gasteiger partial charge in [-0.25, -0.2) is 0 Å². The van der Waals surface area contributed by atoms with Gasteiger partial charge in [0.05, 0.1) is 0 Å². The van der Waals surface area contributed by atoms with E-state index in [9.17, 15) is 9.90 Å². The number of nitrogens with zero attached hydrogens (tertiary/aromatic N) is 1. The molecule has 1 fully saturated rings. The maximum absolute atomic E-state index is 11.3. The minimum Gasteiger partial charge on any atom is -0.480 e. The van der Waals surface area contributed by atoms with Crippen LogP contribution in [0.5, 0.6) is 0 Å².